The lowest BCUT2D eigenvalue weighted by molar-refractivity contribution is 0.217. The molecule has 5 nitrogen and oxygen atoms in total. The molecule has 2 aromatic rings. The van der Waals surface area contributed by atoms with Crippen molar-refractivity contribution in [3.63, 3.8) is 0 Å². The lowest BCUT2D eigenvalue weighted by Gasteiger charge is -2.37. The van der Waals surface area contributed by atoms with Crippen molar-refractivity contribution in [3.8, 4) is 5.69 Å². The number of hydrogen-bond acceptors (Lipinski definition) is 4. The Morgan fingerprint density at radius 2 is 2.04 bits per heavy atom. The van der Waals surface area contributed by atoms with Crippen LogP contribution in [0, 0.1) is 6.92 Å². The van der Waals surface area contributed by atoms with E-state index in [4.69, 9.17) is 11.6 Å². The molecule has 0 unspecified atom stereocenters. The molecule has 3 rings (SSSR count). The molecule has 1 fully saturated rings. The average molecular weight is 334 g/mol. The third kappa shape index (κ3) is 3.12. The Morgan fingerprint density at radius 3 is 2.78 bits per heavy atom. The van der Waals surface area contributed by atoms with Gasteiger partial charge in [0.25, 0.3) is 0 Å². The van der Waals surface area contributed by atoms with Crippen molar-refractivity contribution >= 4 is 11.6 Å². The molecule has 1 heterocycles. The van der Waals surface area contributed by atoms with E-state index in [9.17, 15) is 0 Å². The van der Waals surface area contributed by atoms with Gasteiger partial charge in [0.05, 0.1) is 11.2 Å². The minimum atomic E-state index is -0.132. The monoisotopic (exact) mass is 333 g/mol. The van der Waals surface area contributed by atoms with E-state index in [1.807, 2.05) is 29.8 Å². The van der Waals surface area contributed by atoms with Crippen molar-refractivity contribution in [2.24, 2.45) is 0 Å². The van der Waals surface area contributed by atoms with Gasteiger partial charge >= 0.3 is 0 Å². The molecule has 1 saturated carbocycles. The van der Waals surface area contributed by atoms with Crippen LogP contribution in [0.2, 0.25) is 5.02 Å². The summed E-state index contributed by atoms with van der Waals surface area (Å²) in [5, 5.41) is 17.1. The van der Waals surface area contributed by atoms with Crippen LogP contribution in [0.1, 0.15) is 56.8 Å². The Labute approximate surface area is 142 Å². The maximum atomic E-state index is 6.29. The van der Waals surface area contributed by atoms with Gasteiger partial charge in [-0.3, -0.25) is 0 Å². The molecule has 0 spiro atoms. The highest BCUT2D eigenvalue weighted by Gasteiger charge is 2.38. The molecule has 0 saturated heterocycles. The Balaban J connectivity index is 2.05. The predicted molar refractivity (Wildman–Crippen MR) is 92.0 cm³/mol. The van der Waals surface area contributed by atoms with E-state index >= 15 is 0 Å². The second-order valence-corrected chi connectivity index (χ2v) is 6.78. The Kier molecular flexibility index (Phi) is 4.97. The molecule has 1 aromatic heterocycles. The summed E-state index contributed by atoms with van der Waals surface area (Å²) in [5.41, 5.74) is 1.83. The molecule has 124 valence electrons. The van der Waals surface area contributed by atoms with Crippen molar-refractivity contribution in [1.29, 1.82) is 0 Å². The lowest BCUT2D eigenvalue weighted by atomic mass is 9.80. The van der Waals surface area contributed by atoms with Crippen molar-refractivity contribution < 1.29 is 0 Å². The molecule has 0 aliphatic heterocycles. The van der Waals surface area contributed by atoms with E-state index in [0.717, 1.165) is 47.9 Å². The first-order chi connectivity index (χ1) is 11.2. The van der Waals surface area contributed by atoms with Gasteiger partial charge in [0.2, 0.25) is 0 Å². The number of halogens is 1. The minimum absolute atomic E-state index is 0.132. The van der Waals surface area contributed by atoms with E-state index in [-0.39, 0.29) is 5.54 Å². The molecule has 23 heavy (non-hydrogen) atoms. The van der Waals surface area contributed by atoms with Gasteiger partial charge in [-0.2, -0.15) is 4.68 Å². The van der Waals surface area contributed by atoms with Crippen LogP contribution in [0.4, 0.5) is 0 Å². The number of tetrazole rings is 1. The Bertz CT molecular complexity index is 661. The maximum absolute atomic E-state index is 6.29. The average Bonchev–Trinajstić information content (AvgIpc) is 3.06. The lowest BCUT2D eigenvalue weighted by Crippen LogP contribution is -2.46. The molecular weight excluding hydrogens is 310 g/mol. The number of rotatable bonds is 5. The van der Waals surface area contributed by atoms with Crippen LogP contribution < -0.4 is 5.32 Å². The summed E-state index contributed by atoms with van der Waals surface area (Å²) in [6.07, 6.45) is 6.95. The van der Waals surface area contributed by atoms with Crippen molar-refractivity contribution in [1.82, 2.24) is 25.5 Å². The normalized spacial score (nSPS) is 17.3. The van der Waals surface area contributed by atoms with Crippen molar-refractivity contribution in [3.05, 3.63) is 34.6 Å². The standard InChI is InChI=1S/C17H24ClN5/c1-3-12-19-17(10-5-4-6-11-17)16-20-21-22-23(16)15-9-7-8-14(18)13(15)2/h7-9,19H,3-6,10-12H2,1-2H3. The zero-order valence-corrected chi connectivity index (χ0v) is 14.6. The summed E-state index contributed by atoms with van der Waals surface area (Å²) in [7, 11) is 0. The molecule has 0 amide bonds. The number of benzene rings is 1. The third-order valence-electron chi connectivity index (χ3n) is 4.79. The second kappa shape index (κ2) is 6.97. The fourth-order valence-electron chi connectivity index (χ4n) is 3.47. The zero-order valence-electron chi connectivity index (χ0n) is 13.8. The minimum Gasteiger partial charge on any atom is -0.305 e. The van der Waals surface area contributed by atoms with Crippen LogP contribution in [-0.4, -0.2) is 26.8 Å². The Hall–Kier alpha value is -1.46. The van der Waals surface area contributed by atoms with Crippen LogP contribution in [0.15, 0.2) is 18.2 Å². The predicted octanol–water partition coefficient (Wildman–Crippen LogP) is 3.78. The van der Waals surface area contributed by atoms with Gasteiger partial charge in [-0.15, -0.1) is 5.10 Å². The highest BCUT2D eigenvalue weighted by molar-refractivity contribution is 6.31. The molecule has 6 heteroatoms. The SMILES string of the molecule is CCCNC1(c2nnnn2-c2cccc(Cl)c2C)CCCCC1. The topological polar surface area (TPSA) is 55.6 Å². The summed E-state index contributed by atoms with van der Waals surface area (Å²) >= 11 is 6.29. The van der Waals surface area contributed by atoms with Gasteiger partial charge in [-0.05, 0) is 60.9 Å². The van der Waals surface area contributed by atoms with Gasteiger partial charge in [-0.25, -0.2) is 0 Å². The van der Waals surface area contributed by atoms with Gasteiger partial charge in [-0.1, -0.05) is 43.9 Å². The van der Waals surface area contributed by atoms with E-state index in [2.05, 4.69) is 27.8 Å². The number of hydrogen-bond donors (Lipinski definition) is 1. The first-order valence-electron chi connectivity index (χ1n) is 8.47. The number of nitrogens with zero attached hydrogens (tertiary/aromatic N) is 4. The zero-order chi connectivity index (χ0) is 16.3. The molecule has 1 aliphatic rings. The summed E-state index contributed by atoms with van der Waals surface area (Å²) in [6.45, 7) is 5.17. The quantitative estimate of drug-likeness (QED) is 0.904. The summed E-state index contributed by atoms with van der Waals surface area (Å²) in [6, 6.07) is 5.87. The molecule has 0 radical (unpaired) electrons. The van der Waals surface area contributed by atoms with Crippen molar-refractivity contribution in [2.45, 2.75) is 57.9 Å². The summed E-state index contributed by atoms with van der Waals surface area (Å²) in [4.78, 5) is 0. The van der Waals surface area contributed by atoms with Gasteiger partial charge in [0.15, 0.2) is 5.82 Å². The molecule has 1 N–H and O–H groups in total. The fraction of sp³-hybridized carbons (Fsp3) is 0.588. The van der Waals surface area contributed by atoms with Gasteiger partial charge in [0, 0.05) is 5.02 Å². The number of nitrogens with one attached hydrogen (secondary N) is 1. The fourth-order valence-corrected chi connectivity index (χ4v) is 3.64. The maximum Gasteiger partial charge on any atom is 0.176 e. The van der Waals surface area contributed by atoms with Crippen LogP contribution in [0.3, 0.4) is 0 Å². The molecule has 0 bridgehead atoms. The van der Waals surface area contributed by atoms with Crippen LogP contribution >= 0.6 is 11.6 Å². The van der Waals surface area contributed by atoms with Crippen LogP contribution in [0.25, 0.3) is 5.69 Å². The first-order valence-corrected chi connectivity index (χ1v) is 8.85. The second-order valence-electron chi connectivity index (χ2n) is 6.37. The molecule has 1 aromatic carbocycles. The third-order valence-corrected chi connectivity index (χ3v) is 5.19. The van der Waals surface area contributed by atoms with E-state index in [1.165, 1.54) is 19.3 Å². The van der Waals surface area contributed by atoms with Crippen LogP contribution in [0.5, 0.6) is 0 Å². The van der Waals surface area contributed by atoms with E-state index < -0.39 is 0 Å². The highest BCUT2D eigenvalue weighted by Crippen LogP contribution is 2.37. The Morgan fingerprint density at radius 1 is 1.26 bits per heavy atom. The molecule has 1 aliphatic carbocycles. The summed E-state index contributed by atoms with van der Waals surface area (Å²) < 4.78 is 1.87. The molecule has 0 atom stereocenters. The van der Waals surface area contributed by atoms with Gasteiger partial charge in [0.1, 0.15) is 0 Å². The van der Waals surface area contributed by atoms with E-state index in [0.29, 0.717) is 0 Å². The molecular formula is C17H24ClN5. The van der Waals surface area contributed by atoms with Crippen molar-refractivity contribution in [2.75, 3.05) is 6.54 Å². The number of aromatic nitrogens is 4. The highest BCUT2D eigenvalue weighted by atomic mass is 35.5. The van der Waals surface area contributed by atoms with E-state index in [1.54, 1.807) is 0 Å². The first kappa shape index (κ1) is 16.4. The van der Waals surface area contributed by atoms with Crippen LogP contribution in [-0.2, 0) is 5.54 Å². The van der Waals surface area contributed by atoms with Gasteiger partial charge < -0.3 is 5.32 Å². The largest absolute Gasteiger partial charge is 0.305 e. The summed E-state index contributed by atoms with van der Waals surface area (Å²) in [5.74, 6) is 0.913. The smallest absolute Gasteiger partial charge is 0.176 e.